The van der Waals surface area contributed by atoms with Gasteiger partial charge in [0.15, 0.2) is 11.5 Å². The van der Waals surface area contributed by atoms with Crippen molar-refractivity contribution in [3.63, 3.8) is 0 Å². The van der Waals surface area contributed by atoms with Crippen LogP contribution in [-0.4, -0.2) is 34.3 Å². The van der Waals surface area contributed by atoms with E-state index in [4.69, 9.17) is 20.1 Å². The predicted octanol–water partition coefficient (Wildman–Crippen LogP) is 5.80. The molecule has 5 heterocycles. The fourth-order valence-electron chi connectivity index (χ4n) is 4.25. The minimum absolute atomic E-state index is 0.683. The average Bonchev–Trinajstić information content (AvgIpc) is 3.45. The lowest BCUT2D eigenvalue weighted by Crippen LogP contribution is -2.03. The van der Waals surface area contributed by atoms with E-state index in [1.165, 1.54) is 11.1 Å². The Kier molecular flexibility index (Phi) is 4.60. The summed E-state index contributed by atoms with van der Waals surface area (Å²) in [6.45, 7) is 8.92. The van der Waals surface area contributed by atoms with Crippen LogP contribution in [0.2, 0.25) is 0 Å². The first-order chi connectivity index (χ1) is 15.9. The quantitative estimate of drug-likeness (QED) is 0.296. The Morgan fingerprint density at radius 2 is 1.79 bits per heavy atom. The molecule has 0 aliphatic heterocycles. The van der Waals surface area contributed by atoms with Gasteiger partial charge in [0, 0.05) is 16.6 Å². The number of hydrogen-bond donors (Lipinski definition) is 0. The van der Waals surface area contributed by atoms with Gasteiger partial charge in [-0.25, -0.2) is 19.5 Å². The standard InChI is InChI=1S/C24H20BrN7S/c1-12-9-13(2)27-24-18(12)20-21(33-24)23-28-22(30-32(23)11-26-20)17-7-5-16(6-8-17)10-31-15(4)19(25)14(3)29-31/h5-9,11H,10H2,1-4H3. The van der Waals surface area contributed by atoms with E-state index >= 15 is 0 Å². The van der Waals surface area contributed by atoms with Crippen LogP contribution in [0, 0.1) is 27.7 Å². The van der Waals surface area contributed by atoms with Crippen LogP contribution < -0.4 is 0 Å². The van der Waals surface area contributed by atoms with Crippen molar-refractivity contribution < 1.29 is 0 Å². The van der Waals surface area contributed by atoms with Crippen LogP contribution >= 0.6 is 27.3 Å². The van der Waals surface area contributed by atoms with Crippen LogP contribution in [0.4, 0.5) is 0 Å². The highest BCUT2D eigenvalue weighted by Gasteiger charge is 2.17. The van der Waals surface area contributed by atoms with Gasteiger partial charge in [-0.05, 0) is 60.8 Å². The van der Waals surface area contributed by atoms with Gasteiger partial charge in [0.2, 0.25) is 0 Å². The second-order valence-electron chi connectivity index (χ2n) is 8.33. The lowest BCUT2D eigenvalue weighted by Gasteiger charge is -2.05. The zero-order valence-corrected chi connectivity index (χ0v) is 21.0. The molecule has 164 valence electrons. The lowest BCUT2D eigenvalue weighted by atomic mass is 10.1. The van der Waals surface area contributed by atoms with Crippen LogP contribution in [0.3, 0.4) is 0 Å². The second-order valence-corrected chi connectivity index (χ2v) is 10.1. The van der Waals surface area contributed by atoms with Crippen LogP contribution in [0.15, 0.2) is 41.1 Å². The van der Waals surface area contributed by atoms with Crippen LogP contribution in [0.25, 0.3) is 37.5 Å². The van der Waals surface area contributed by atoms with Crippen molar-refractivity contribution in [2.75, 3.05) is 0 Å². The third kappa shape index (κ3) is 3.26. The van der Waals surface area contributed by atoms with Crippen molar-refractivity contribution in [1.82, 2.24) is 34.3 Å². The summed E-state index contributed by atoms with van der Waals surface area (Å²) in [7, 11) is 0. The van der Waals surface area contributed by atoms with Crippen LogP contribution in [0.1, 0.15) is 28.2 Å². The molecule has 0 atom stereocenters. The molecule has 0 saturated heterocycles. The predicted molar refractivity (Wildman–Crippen MR) is 135 cm³/mol. The first-order valence-corrected chi connectivity index (χ1v) is 12.2. The third-order valence-electron chi connectivity index (χ3n) is 5.93. The molecule has 0 spiro atoms. The maximum Gasteiger partial charge on any atom is 0.182 e. The van der Waals surface area contributed by atoms with E-state index in [9.17, 15) is 0 Å². The van der Waals surface area contributed by atoms with Gasteiger partial charge in [0.25, 0.3) is 0 Å². The Bertz CT molecular complexity index is 1690. The first-order valence-electron chi connectivity index (χ1n) is 10.6. The van der Waals surface area contributed by atoms with E-state index < -0.39 is 0 Å². The lowest BCUT2D eigenvalue weighted by molar-refractivity contribution is 0.659. The van der Waals surface area contributed by atoms with Crippen molar-refractivity contribution in [1.29, 1.82) is 0 Å². The van der Waals surface area contributed by atoms with Gasteiger partial charge in [0.05, 0.1) is 27.9 Å². The Balaban J connectivity index is 1.39. The molecule has 0 unspecified atom stereocenters. The van der Waals surface area contributed by atoms with E-state index in [-0.39, 0.29) is 0 Å². The Hall–Kier alpha value is -3.17. The zero-order valence-electron chi connectivity index (χ0n) is 18.6. The number of thiophene rings is 1. The fraction of sp³-hybridized carbons (Fsp3) is 0.208. The van der Waals surface area contributed by atoms with Crippen molar-refractivity contribution in [3.05, 3.63) is 69.3 Å². The van der Waals surface area contributed by atoms with Crippen molar-refractivity contribution in [2.45, 2.75) is 34.2 Å². The van der Waals surface area contributed by atoms with Gasteiger partial charge in [-0.3, -0.25) is 4.68 Å². The third-order valence-corrected chi connectivity index (χ3v) is 8.15. The summed E-state index contributed by atoms with van der Waals surface area (Å²) in [5, 5.41) is 10.4. The molecule has 6 aromatic rings. The van der Waals surface area contributed by atoms with Crippen LogP contribution in [0.5, 0.6) is 0 Å². The van der Waals surface area contributed by atoms with E-state index in [2.05, 4.69) is 65.2 Å². The molecule has 0 amide bonds. The number of aryl methyl sites for hydroxylation is 3. The summed E-state index contributed by atoms with van der Waals surface area (Å²) in [5.74, 6) is 0.683. The van der Waals surface area contributed by atoms with Gasteiger partial charge in [-0.2, -0.15) is 5.10 Å². The average molecular weight is 518 g/mol. The first kappa shape index (κ1) is 20.4. The monoisotopic (exact) mass is 517 g/mol. The number of fused-ring (bicyclic) bond motifs is 5. The number of pyridine rings is 1. The number of rotatable bonds is 3. The van der Waals surface area contributed by atoms with E-state index in [1.807, 2.05) is 18.5 Å². The Morgan fingerprint density at radius 1 is 1.00 bits per heavy atom. The van der Waals surface area contributed by atoms with Crippen molar-refractivity contribution >= 4 is 53.3 Å². The number of aromatic nitrogens is 7. The molecule has 6 rings (SSSR count). The highest BCUT2D eigenvalue weighted by atomic mass is 79.9. The molecule has 7 nitrogen and oxygen atoms in total. The van der Waals surface area contributed by atoms with Crippen molar-refractivity contribution in [2.24, 2.45) is 0 Å². The fourth-order valence-corrected chi connectivity index (χ4v) is 5.76. The highest BCUT2D eigenvalue weighted by molar-refractivity contribution is 9.10. The van der Waals surface area contributed by atoms with E-state index in [0.717, 1.165) is 59.7 Å². The highest BCUT2D eigenvalue weighted by Crippen LogP contribution is 2.36. The molecule has 5 aromatic heterocycles. The minimum atomic E-state index is 0.683. The number of hydrogen-bond acceptors (Lipinski definition) is 6. The van der Waals surface area contributed by atoms with Crippen LogP contribution in [-0.2, 0) is 6.54 Å². The summed E-state index contributed by atoms with van der Waals surface area (Å²) in [6, 6.07) is 10.4. The van der Waals surface area contributed by atoms with Gasteiger partial charge in [0.1, 0.15) is 15.9 Å². The van der Waals surface area contributed by atoms with E-state index in [1.54, 1.807) is 22.2 Å². The van der Waals surface area contributed by atoms with Gasteiger partial charge in [-0.1, -0.05) is 24.3 Å². The number of halogens is 1. The molecule has 0 N–H and O–H groups in total. The maximum atomic E-state index is 4.87. The molecule has 0 bridgehead atoms. The molecule has 0 aliphatic rings. The Labute approximate surface area is 202 Å². The summed E-state index contributed by atoms with van der Waals surface area (Å²) in [4.78, 5) is 15.3. The summed E-state index contributed by atoms with van der Waals surface area (Å²) in [6.07, 6.45) is 1.74. The number of nitrogens with zero attached hydrogens (tertiary/aromatic N) is 7. The molecule has 0 saturated carbocycles. The maximum absolute atomic E-state index is 4.87. The Morgan fingerprint density at radius 3 is 2.52 bits per heavy atom. The zero-order chi connectivity index (χ0) is 22.9. The smallest absolute Gasteiger partial charge is 0.182 e. The minimum Gasteiger partial charge on any atom is -0.264 e. The van der Waals surface area contributed by atoms with E-state index in [0.29, 0.717) is 5.82 Å². The topological polar surface area (TPSA) is 73.8 Å². The molecule has 0 aliphatic carbocycles. The normalized spacial score (nSPS) is 11.9. The van der Waals surface area contributed by atoms with Gasteiger partial charge < -0.3 is 0 Å². The summed E-state index contributed by atoms with van der Waals surface area (Å²) >= 11 is 5.22. The molecule has 0 fully saturated rings. The van der Waals surface area contributed by atoms with Crippen molar-refractivity contribution in [3.8, 4) is 11.4 Å². The molecular weight excluding hydrogens is 498 g/mol. The molecular formula is C24H20BrN7S. The summed E-state index contributed by atoms with van der Waals surface area (Å²) < 4.78 is 5.85. The molecule has 33 heavy (non-hydrogen) atoms. The summed E-state index contributed by atoms with van der Waals surface area (Å²) in [5.41, 5.74) is 8.22. The molecule has 0 radical (unpaired) electrons. The molecule has 9 heteroatoms. The largest absolute Gasteiger partial charge is 0.264 e. The number of benzene rings is 1. The van der Waals surface area contributed by atoms with Gasteiger partial charge in [-0.15, -0.1) is 16.4 Å². The van der Waals surface area contributed by atoms with Gasteiger partial charge >= 0.3 is 0 Å². The SMILES string of the molecule is Cc1cc(C)c2c(n1)sc1c2ncn2nc(-c3ccc(Cn4nc(C)c(Br)c4C)cc3)nc12. The molecule has 1 aromatic carbocycles. The second kappa shape index (κ2) is 7.43.